The monoisotopic (exact) mass is 354 g/mol. The summed E-state index contributed by atoms with van der Waals surface area (Å²) in [4.78, 5) is 17.0. The average Bonchev–Trinajstić information content (AvgIpc) is 3.11. The predicted octanol–water partition coefficient (Wildman–Crippen LogP) is 4.97. The SMILES string of the molecule is COc1cccc(-c2ccc(-c3nc4cccc5c4n3CCC5=O)cc2)c1. The van der Waals surface area contributed by atoms with Crippen LogP contribution >= 0.6 is 0 Å². The lowest BCUT2D eigenvalue weighted by atomic mass is 10.0. The molecule has 0 saturated carbocycles. The molecule has 1 aliphatic rings. The van der Waals surface area contributed by atoms with Crippen molar-refractivity contribution in [1.29, 1.82) is 0 Å². The first-order valence-electron chi connectivity index (χ1n) is 9.02. The summed E-state index contributed by atoms with van der Waals surface area (Å²) in [7, 11) is 1.68. The molecule has 1 aliphatic heterocycles. The minimum absolute atomic E-state index is 0.202. The number of rotatable bonds is 3. The second-order valence-electron chi connectivity index (χ2n) is 6.74. The number of ether oxygens (including phenoxy) is 1. The van der Waals surface area contributed by atoms with Crippen molar-refractivity contribution >= 4 is 16.8 Å². The minimum Gasteiger partial charge on any atom is -0.497 e. The number of para-hydroxylation sites is 1. The quantitative estimate of drug-likeness (QED) is 0.522. The molecular formula is C23H18N2O2. The van der Waals surface area contributed by atoms with E-state index in [1.807, 2.05) is 36.4 Å². The second kappa shape index (κ2) is 6.09. The Morgan fingerprint density at radius 1 is 0.926 bits per heavy atom. The first-order valence-corrected chi connectivity index (χ1v) is 9.02. The molecule has 4 heteroatoms. The maximum Gasteiger partial charge on any atom is 0.166 e. The predicted molar refractivity (Wildman–Crippen MR) is 106 cm³/mol. The zero-order chi connectivity index (χ0) is 18.4. The van der Waals surface area contributed by atoms with Crippen LogP contribution in [0.15, 0.2) is 66.7 Å². The summed E-state index contributed by atoms with van der Waals surface area (Å²) in [6, 6.07) is 22.2. The Morgan fingerprint density at radius 2 is 1.70 bits per heavy atom. The van der Waals surface area contributed by atoms with Gasteiger partial charge in [-0.3, -0.25) is 4.79 Å². The lowest BCUT2D eigenvalue weighted by Gasteiger charge is -2.16. The van der Waals surface area contributed by atoms with Crippen molar-refractivity contribution in [3.63, 3.8) is 0 Å². The Balaban J connectivity index is 1.59. The van der Waals surface area contributed by atoms with Crippen molar-refractivity contribution in [2.24, 2.45) is 0 Å². The highest BCUT2D eigenvalue weighted by atomic mass is 16.5. The van der Waals surface area contributed by atoms with Crippen LogP contribution in [0.3, 0.4) is 0 Å². The zero-order valence-corrected chi connectivity index (χ0v) is 15.0. The standard InChI is InChI=1S/C23H18N2O2/c1-27-18-5-2-4-17(14-18)15-8-10-16(11-9-15)23-24-20-7-3-6-19-21(26)12-13-25(23)22(19)20/h2-11,14H,12-13H2,1H3. The van der Waals surface area contributed by atoms with E-state index in [-0.39, 0.29) is 5.78 Å². The number of Topliss-reactive ketones (excluding diaryl/α,β-unsaturated/α-hetero) is 1. The maximum absolute atomic E-state index is 12.2. The summed E-state index contributed by atoms with van der Waals surface area (Å²) in [6.45, 7) is 0.680. The van der Waals surface area contributed by atoms with Crippen molar-refractivity contribution in [2.45, 2.75) is 13.0 Å². The fourth-order valence-electron chi connectivity index (χ4n) is 3.81. The van der Waals surface area contributed by atoms with Crippen LogP contribution in [0.2, 0.25) is 0 Å². The van der Waals surface area contributed by atoms with Gasteiger partial charge in [0.1, 0.15) is 11.6 Å². The number of aromatic nitrogens is 2. The Labute approximate surface area is 157 Å². The van der Waals surface area contributed by atoms with Gasteiger partial charge in [-0.2, -0.15) is 0 Å². The molecule has 5 rings (SSSR count). The fraction of sp³-hybridized carbons (Fsp3) is 0.130. The molecule has 0 amide bonds. The van der Waals surface area contributed by atoms with E-state index in [4.69, 9.17) is 9.72 Å². The van der Waals surface area contributed by atoms with Crippen LogP contribution in [0, 0.1) is 0 Å². The number of ketones is 1. The Bertz CT molecular complexity index is 1170. The van der Waals surface area contributed by atoms with Gasteiger partial charge >= 0.3 is 0 Å². The van der Waals surface area contributed by atoms with Crippen LogP contribution in [0.5, 0.6) is 5.75 Å². The molecule has 0 bridgehead atoms. The molecule has 1 aromatic heterocycles. The third kappa shape index (κ3) is 2.53. The molecule has 0 N–H and O–H groups in total. The van der Waals surface area contributed by atoms with E-state index < -0.39 is 0 Å². The van der Waals surface area contributed by atoms with Gasteiger partial charge in [0.15, 0.2) is 5.78 Å². The largest absolute Gasteiger partial charge is 0.497 e. The van der Waals surface area contributed by atoms with Gasteiger partial charge in [0.2, 0.25) is 0 Å². The van der Waals surface area contributed by atoms with Crippen molar-refractivity contribution in [3.8, 4) is 28.3 Å². The molecule has 0 atom stereocenters. The lowest BCUT2D eigenvalue weighted by molar-refractivity contribution is 0.0973. The van der Waals surface area contributed by atoms with Crippen molar-refractivity contribution < 1.29 is 9.53 Å². The van der Waals surface area contributed by atoms with Gasteiger partial charge in [-0.1, -0.05) is 42.5 Å². The number of hydrogen-bond acceptors (Lipinski definition) is 3. The number of methoxy groups -OCH3 is 1. The topological polar surface area (TPSA) is 44.1 Å². The number of carbonyl (C=O) groups excluding carboxylic acids is 1. The van der Waals surface area contributed by atoms with Crippen molar-refractivity contribution in [3.05, 3.63) is 72.3 Å². The summed E-state index contributed by atoms with van der Waals surface area (Å²) in [5.41, 5.74) is 5.92. The van der Waals surface area contributed by atoms with Crippen LogP contribution in [-0.2, 0) is 6.54 Å². The Morgan fingerprint density at radius 3 is 2.52 bits per heavy atom. The molecule has 4 aromatic rings. The molecule has 27 heavy (non-hydrogen) atoms. The summed E-state index contributed by atoms with van der Waals surface area (Å²) < 4.78 is 7.49. The molecule has 0 saturated heterocycles. The van der Waals surface area contributed by atoms with Gasteiger partial charge in [0.25, 0.3) is 0 Å². The third-order valence-electron chi connectivity index (χ3n) is 5.18. The number of hydrogen-bond donors (Lipinski definition) is 0. The molecule has 0 spiro atoms. The van der Waals surface area contributed by atoms with Crippen LogP contribution in [0.25, 0.3) is 33.5 Å². The molecular weight excluding hydrogens is 336 g/mol. The summed E-state index contributed by atoms with van der Waals surface area (Å²) in [5, 5.41) is 0. The molecule has 0 unspecified atom stereocenters. The molecule has 0 radical (unpaired) electrons. The number of imidazole rings is 1. The smallest absolute Gasteiger partial charge is 0.166 e. The molecule has 4 nitrogen and oxygen atoms in total. The van der Waals surface area contributed by atoms with Crippen molar-refractivity contribution in [1.82, 2.24) is 9.55 Å². The van der Waals surface area contributed by atoms with E-state index in [2.05, 4.69) is 34.9 Å². The zero-order valence-electron chi connectivity index (χ0n) is 15.0. The van der Waals surface area contributed by atoms with Crippen LogP contribution in [-0.4, -0.2) is 22.4 Å². The highest BCUT2D eigenvalue weighted by molar-refractivity contribution is 6.08. The van der Waals surface area contributed by atoms with Gasteiger partial charge in [-0.15, -0.1) is 0 Å². The number of benzene rings is 3. The third-order valence-corrected chi connectivity index (χ3v) is 5.18. The number of carbonyl (C=O) groups is 1. The highest BCUT2D eigenvalue weighted by Crippen LogP contribution is 2.32. The van der Waals surface area contributed by atoms with E-state index >= 15 is 0 Å². The van der Waals surface area contributed by atoms with Crippen LogP contribution in [0.1, 0.15) is 16.8 Å². The first kappa shape index (κ1) is 15.8. The van der Waals surface area contributed by atoms with Gasteiger partial charge in [-0.25, -0.2) is 4.98 Å². The normalized spacial score (nSPS) is 13.1. The lowest BCUT2D eigenvalue weighted by Crippen LogP contribution is -2.14. The number of nitrogens with zero attached hydrogens (tertiary/aromatic N) is 2. The van der Waals surface area contributed by atoms with Gasteiger partial charge in [-0.05, 0) is 35.4 Å². The highest BCUT2D eigenvalue weighted by Gasteiger charge is 2.23. The van der Waals surface area contributed by atoms with E-state index in [0.29, 0.717) is 13.0 Å². The molecule has 132 valence electrons. The van der Waals surface area contributed by atoms with E-state index in [1.165, 1.54) is 0 Å². The molecule has 0 fully saturated rings. The molecule has 2 heterocycles. The molecule has 0 aliphatic carbocycles. The Kier molecular flexibility index (Phi) is 3.57. The first-order chi connectivity index (χ1) is 13.2. The number of aryl methyl sites for hydroxylation is 1. The van der Waals surface area contributed by atoms with E-state index in [1.54, 1.807) is 7.11 Å². The summed E-state index contributed by atoms with van der Waals surface area (Å²) >= 11 is 0. The fourth-order valence-corrected chi connectivity index (χ4v) is 3.81. The van der Waals surface area contributed by atoms with Gasteiger partial charge in [0, 0.05) is 24.1 Å². The van der Waals surface area contributed by atoms with Crippen molar-refractivity contribution in [2.75, 3.05) is 7.11 Å². The summed E-state index contributed by atoms with van der Waals surface area (Å²) in [6.07, 6.45) is 0.525. The maximum atomic E-state index is 12.2. The second-order valence-corrected chi connectivity index (χ2v) is 6.74. The van der Waals surface area contributed by atoms with Gasteiger partial charge < -0.3 is 9.30 Å². The van der Waals surface area contributed by atoms with E-state index in [0.717, 1.165) is 44.9 Å². The van der Waals surface area contributed by atoms with Crippen LogP contribution in [0.4, 0.5) is 0 Å². The van der Waals surface area contributed by atoms with E-state index in [9.17, 15) is 4.79 Å². The van der Waals surface area contributed by atoms with Gasteiger partial charge in [0.05, 0.1) is 18.1 Å². The average molecular weight is 354 g/mol. The Hall–Kier alpha value is -3.40. The molecule has 3 aromatic carbocycles. The van der Waals surface area contributed by atoms with Crippen LogP contribution < -0.4 is 4.74 Å². The minimum atomic E-state index is 0.202. The summed E-state index contributed by atoms with van der Waals surface area (Å²) in [5.74, 6) is 1.97.